The van der Waals surface area contributed by atoms with Crippen LogP contribution in [-0.4, -0.2) is 54.9 Å². The van der Waals surface area contributed by atoms with Gasteiger partial charge in [-0.05, 0) is 41.5 Å². The van der Waals surface area contributed by atoms with E-state index in [4.69, 9.17) is 4.74 Å². The number of carbonyl (C=O) groups is 2. The minimum Gasteiger partial charge on any atom is -0.497 e. The zero-order chi connectivity index (χ0) is 27.5. The second-order valence-corrected chi connectivity index (χ2v) is 10.0. The van der Waals surface area contributed by atoms with Crippen LogP contribution in [-0.2, 0) is 4.79 Å². The Morgan fingerprint density at radius 1 is 0.650 bits per heavy atom. The minimum atomic E-state index is -0.318. The number of ether oxygens (including phenoxy) is 1. The van der Waals surface area contributed by atoms with Crippen molar-refractivity contribution in [1.82, 2.24) is 9.80 Å². The summed E-state index contributed by atoms with van der Waals surface area (Å²) >= 11 is 0. The van der Waals surface area contributed by atoms with Gasteiger partial charge in [-0.15, -0.1) is 0 Å². The highest BCUT2D eigenvalue weighted by atomic mass is 16.5. The van der Waals surface area contributed by atoms with Crippen molar-refractivity contribution in [3.8, 4) is 5.75 Å². The topological polar surface area (TPSA) is 53.1 Å². The molecule has 1 saturated heterocycles. The number of hydrogen-bond acceptors (Lipinski definition) is 5. The molecule has 0 unspecified atom stereocenters. The number of imide groups is 1. The first-order valence-corrected chi connectivity index (χ1v) is 13.6. The lowest BCUT2D eigenvalue weighted by molar-refractivity contribution is -0.112. The lowest BCUT2D eigenvalue weighted by atomic mass is 9.93. The number of anilines is 1. The molecule has 6 nitrogen and oxygen atoms in total. The van der Waals surface area contributed by atoms with E-state index in [1.54, 1.807) is 37.4 Å². The fourth-order valence-electron chi connectivity index (χ4n) is 5.64. The van der Waals surface area contributed by atoms with E-state index >= 15 is 0 Å². The average molecular weight is 530 g/mol. The van der Waals surface area contributed by atoms with E-state index in [-0.39, 0.29) is 17.9 Å². The summed E-state index contributed by atoms with van der Waals surface area (Å²) in [5, 5.41) is 0. The molecule has 0 atom stereocenters. The van der Waals surface area contributed by atoms with E-state index in [1.165, 1.54) is 16.0 Å². The Labute approximate surface area is 234 Å². The number of carbonyl (C=O) groups excluding carboxylic acids is 2. The maximum Gasteiger partial charge on any atom is 0.267 e. The highest BCUT2D eigenvalue weighted by molar-refractivity contribution is 6.41. The third kappa shape index (κ3) is 4.90. The van der Waals surface area contributed by atoms with Gasteiger partial charge in [0, 0.05) is 43.5 Å². The molecule has 4 aromatic carbocycles. The molecule has 2 heterocycles. The van der Waals surface area contributed by atoms with Crippen molar-refractivity contribution in [2.24, 2.45) is 0 Å². The van der Waals surface area contributed by atoms with Crippen LogP contribution in [0.2, 0.25) is 0 Å². The van der Waals surface area contributed by atoms with Crippen LogP contribution in [0.25, 0.3) is 5.57 Å². The van der Waals surface area contributed by atoms with E-state index in [2.05, 4.69) is 70.5 Å². The standard InChI is InChI=1S/C34H31N3O3/c1-40-28-18-16-27(17-19-28)37-33(38)30-15-9-8-14-29(30)31(34(37)39)24-35-20-22-36(23-21-35)32(25-10-4-2-5-11-25)26-12-6-3-7-13-26/h2-19,24,32H,20-23H2,1H3/b31-24-. The number of amides is 2. The van der Waals surface area contributed by atoms with Crippen molar-refractivity contribution >= 4 is 23.1 Å². The highest BCUT2D eigenvalue weighted by Crippen LogP contribution is 2.34. The molecule has 40 heavy (non-hydrogen) atoms. The summed E-state index contributed by atoms with van der Waals surface area (Å²) in [6.07, 6.45) is 1.95. The van der Waals surface area contributed by atoms with Crippen LogP contribution < -0.4 is 9.64 Å². The van der Waals surface area contributed by atoms with Gasteiger partial charge in [0.1, 0.15) is 5.75 Å². The first kappa shape index (κ1) is 25.6. The van der Waals surface area contributed by atoms with Crippen LogP contribution in [0.4, 0.5) is 5.69 Å². The largest absolute Gasteiger partial charge is 0.497 e. The van der Waals surface area contributed by atoms with Crippen molar-refractivity contribution in [1.29, 1.82) is 0 Å². The smallest absolute Gasteiger partial charge is 0.267 e. The molecule has 0 radical (unpaired) electrons. The van der Waals surface area contributed by atoms with Gasteiger partial charge in [0.2, 0.25) is 0 Å². The van der Waals surface area contributed by atoms with Crippen LogP contribution >= 0.6 is 0 Å². The SMILES string of the molecule is COc1ccc(N2C(=O)/C(=C\N3CCN(C(c4ccccc4)c4ccccc4)CC3)c3ccccc3C2=O)cc1. The number of benzene rings is 4. The van der Waals surface area contributed by atoms with Crippen molar-refractivity contribution in [3.63, 3.8) is 0 Å². The highest BCUT2D eigenvalue weighted by Gasteiger charge is 2.36. The van der Waals surface area contributed by atoms with E-state index < -0.39 is 0 Å². The maximum atomic E-state index is 13.8. The van der Waals surface area contributed by atoms with Crippen molar-refractivity contribution in [2.75, 3.05) is 38.2 Å². The molecule has 0 saturated carbocycles. The molecule has 0 spiro atoms. The monoisotopic (exact) mass is 529 g/mol. The van der Waals surface area contributed by atoms with Crippen molar-refractivity contribution < 1.29 is 14.3 Å². The van der Waals surface area contributed by atoms with Gasteiger partial charge in [-0.25, -0.2) is 4.90 Å². The van der Waals surface area contributed by atoms with Gasteiger partial charge in [-0.3, -0.25) is 14.5 Å². The predicted octanol–water partition coefficient (Wildman–Crippen LogP) is 5.63. The van der Waals surface area contributed by atoms with Crippen LogP contribution in [0.3, 0.4) is 0 Å². The molecule has 0 bridgehead atoms. The summed E-state index contributed by atoms with van der Waals surface area (Å²) in [5.74, 6) is 0.0306. The second kappa shape index (κ2) is 11.2. The van der Waals surface area contributed by atoms with E-state index in [9.17, 15) is 9.59 Å². The summed E-state index contributed by atoms with van der Waals surface area (Å²) in [5.41, 5.74) is 4.79. The first-order valence-electron chi connectivity index (χ1n) is 13.6. The Morgan fingerprint density at radius 2 is 1.20 bits per heavy atom. The van der Waals surface area contributed by atoms with Crippen LogP contribution in [0, 0.1) is 0 Å². The molecule has 200 valence electrons. The van der Waals surface area contributed by atoms with E-state index in [0.29, 0.717) is 28.1 Å². The molecule has 4 aromatic rings. The molecule has 0 aliphatic carbocycles. The zero-order valence-corrected chi connectivity index (χ0v) is 22.4. The summed E-state index contributed by atoms with van der Waals surface area (Å²) < 4.78 is 5.26. The van der Waals surface area contributed by atoms with Gasteiger partial charge in [-0.1, -0.05) is 78.9 Å². The molecule has 6 heteroatoms. The molecular weight excluding hydrogens is 498 g/mol. The summed E-state index contributed by atoms with van der Waals surface area (Å²) in [4.78, 5) is 33.2. The van der Waals surface area contributed by atoms with Gasteiger partial charge >= 0.3 is 0 Å². The van der Waals surface area contributed by atoms with E-state index in [1.807, 2.05) is 24.4 Å². The van der Waals surface area contributed by atoms with Crippen LogP contribution in [0.1, 0.15) is 33.1 Å². The Morgan fingerprint density at radius 3 is 1.77 bits per heavy atom. The molecule has 2 amide bonds. The molecule has 0 N–H and O–H groups in total. The first-order chi connectivity index (χ1) is 19.6. The Bertz CT molecular complexity index is 1490. The van der Waals surface area contributed by atoms with Crippen LogP contribution in [0.5, 0.6) is 5.75 Å². The number of rotatable bonds is 6. The summed E-state index contributed by atoms with van der Waals surface area (Å²) in [6, 6.07) is 35.7. The van der Waals surface area contributed by atoms with Gasteiger partial charge < -0.3 is 9.64 Å². The average Bonchev–Trinajstić information content (AvgIpc) is 3.02. The molecule has 6 rings (SSSR count). The number of methoxy groups -OCH3 is 1. The zero-order valence-electron chi connectivity index (χ0n) is 22.4. The van der Waals surface area contributed by atoms with Crippen LogP contribution in [0.15, 0.2) is 115 Å². The predicted molar refractivity (Wildman–Crippen MR) is 157 cm³/mol. The third-order valence-electron chi connectivity index (χ3n) is 7.67. The van der Waals surface area contributed by atoms with Crippen molar-refractivity contribution in [2.45, 2.75) is 6.04 Å². The molecule has 1 fully saturated rings. The molecule has 2 aliphatic rings. The Balaban J connectivity index is 1.27. The molecule has 2 aliphatic heterocycles. The van der Waals surface area contributed by atoms with Crippen molar-refractivity contribution in [3.05, 3.63) is 138 Å². The van der Waals surface area contributed by atoms with E-state index in [0.717, 1.165) is 26.2 Å². The summed E-state index contributed by atoms with van der Waals surface area (Å²) in [7, 11) is 1.59. The lowest BCUT2D eigenvalue weighted by Crippen LogP contribution is -2.47. The van der Waals surface area contributed by atoms with Gasteiger partial charge in [0.25, 0.3) is 11.8 Å². The number of hydrogen-bond donors (Lipinski definition) is 0. The quantitative estimate of drug-likeness (QED) is 0.239. The lowest BCUT2D eigenvalue weighted by Gasteiger charge is -2.40. The molecular formula is C34H31N3O3. The fourth-order valence-corrected chi connectivity index (χ4v) is 5.64. The third-order valence-corrected chi connectivity index (χ3v) is 7.67. The van der Waals surface area contributed by atoms with Gasteiger partial charge in [-0.2, -0.15) is 0 Å². The van der Waals surface area contributed by atoms with Gasteiger partial charge in [0.15, 0.2) is 0 Å². The van der Waals surface area contributed by atoms with Gasteiger partial charge in [0.05, 0.1) is 24.4 Å². The fraction of sp³-hybridized carbons (Fsp3) is 0.176. The Kier molecular flexibility index (Phi) is 7.17. The second-order valence-electron chi connectivity index (χ2n) is 10.0. The number of fused-ring (bicyclic) bond motifs is 1. The number of piperazine rings is 1. The Hall–Kier alpha value is -4.68. The minimum absolute atomic E-state index is 0.164. The number of nitrogens with zero attached hydrogens (tertiary/aromatic N) is 3. The normalized spacial score (nSPS) is 16.9. The molecule has 0 aromatic heterocycles. The summed E-state index contributed by atoms with van der Waals surface area (Å²) in [6.45, 7) is 3.22. The maximum absolute atomic E-state index is 13.8.